The van der Waals surface area contributed by atoms with Crippen LogP contribution in [0.5, 0.6) is 5.88 Å². The molecule has 17 heavy (non-hydrogen) atoms. The molecule has 0 fully saturated rings. The predicted octanol–water partition coefficient (Wildman–Crippen LogP) is 3.79. The second-order valence-corrected chi connectivity index (χ2v) is 4.06. The Kier molecular flexibility index (Phi) is 3.74. The number of methoxy groups -OCH3 is 1. The number of pyridine rings is 1. The van der Waals surface area contributed by atoms with Crippen molar-refractivity contribution in [3.63, 3.8) is 0 Å². The Morgan fingerprint density at radius 2 is 2.06 bits per heavy atom. The Bertz CT molecular complexity index is 531. The molecule has 0 aliphatic heterocycles. The number of ether oxygens (including phenoxy) is 1. The first-order valence-corrected chi connectivity index (χ1v) is 6.22. The van der Waals surface area contributed by atoms with Crippen LogP contribution in [0.25, 0.3) is 11.1 Å². The van der Waals surface area contributed by atoms with E-state index in [4.69, 9.17) is 4.74 Å². The fourth-order valence-corrected chi connectivity index (χ4v) is 2.08. The summed E-state index contributed by atoms with van der Waals surface area (Å²) in [5.74, 6) is 0.279. The minimum absolute atomic E-state index is 0.248. The van der Waals surface area contributed by atoms with Crippen molar-refractivity contribution in [2.75, 3.05) is 7.11 Å². The molecule has 0 aliphatic carbocycles. The minimum Gasteiger partial charge on any atom is -0.481 e. The second kappa shape index (κ2) is 5.27. The monoisotopic (exact) mass is 295 g/mol. The van der Waals surface area contributed by atoms with Gasteiger partial charge in [-0.25, -0.2) is 9.37 Å². The van der Waals surface area contributed by atoms with Crippen molar-refractivity contribution in [1.82, 2.24) is 4.98 Å². The number of alkyl halides is 1. The molecule has 1 aromatic carbocycles. The van der Waals surface area contributed by atoms with Crippen LogP contribution in [0, 0.1) is 5.82 Å². The summed E-state index contributed by atoms with van der Waals surface area (Å²) < 4.78 is 18.8. The van der Waals surface area contributed by atoms with Crippen LogP contribution in [0.4, 0.5) is 4.39 Å². The van der Waals surface area contributed by atoms with Crippen LogP contribution in [0.2, 0.25) is 0 Å². The second-order valence-electron chi connectivity index (χ2n) is 3.50. The topological polar surface area (TPSA) is 22.1 Å². The molecule has 2 nitrogen and oxygen atoms in total. The molecule has 88 valence electrons. The van der Waals surface area contributed by atoms with Crippen molar-refractivity contribution >= 4 is 15.9 Å². The fraction of sp³-hybridized carbons (Fsp3) is 0.154. The van der Waals surface area contributed by atoms with Gasteiger partial charge in [0.25, 0.3) is 0 Å². The standard InChI is InChI=1S/C13H11BrFNO/c1-17-13-6-9(7-14)11(8-16-13)10-4-2-3-5-12(10)15/h2-6,8H,7H2,1H3. The number of rotatable bonds is 3. The highest BCUT2D eigenvalue weighted by Gasteiger charge is 2.10. The van der Waals surface area contributed by atoms with Crippen LogP contribution >= 0.6 is 15.9 Å². The highest BCUT2D eigenvalue weighted by atomic mass is 79.9. The van der Waals surface area contributed by atoms with E-state index < -0.39 is 0 Å². The molecule has 2 aromatic rings. The molecule has 1 heterocycles. The van der Waals surface area contributed by atoms with E-state index in [1.54, 1.807) is 37.6 Å². The van der Waals surface area contributed by atoms with Gasteiger partial charge in [0.2, 0.25) is 5.88 Å². The van der Waals surface area contributed by atoms with E-state index in [2.05, 4.69) is 20.9 Å². The molecule has 4 heteroatoms. The van der Waals surface area contributed by atoms with Gasteiger partial charge in [0.05, 0.1) is 7.11 Å². The summed E-state index contributed by atoms with van der Waals surface area (Å²) in [7, 11) is 1.56. The summed E-state index contributed by atoms with van der Waals surface area (Å²) in [6.45, 7) is 0. The number of halogens is 2. The molecule has 0 saturated carbocycles. The fourth-order valence-electron chi connectivity index (χ4n) is 1.62. The quantitative estimate of drug-likeness (QED) is 0.804. The van der Waals surface area contributed by atoms with Gasteiger partial charge in [-0.05, 0) is 11.6 Å². The van der Waals surface area contributed by atoms with Crippen molar-refractivity contribution < 1.29 is 9.13 Å². The van der Waals surface area contributed by atoms with Gasteiger partial charge in [0.15, 0.2) is 0 Å². The van der Waals surface area contributed by atoms with Gasteiger partial charge >= 0.3 is 0 Å². The van der Waals surface area contributed by atoms with Crippen LogP contribution in [-0.4, -0.2) is 12.1 Å². The number of hydrogen-bond acceptors (Lipinski definition) is 2. The van der Waals surface area contributed by atoms with Gasteiger partial charge in [-0.2, -0.15) is 0 Å². The van der Waals surface area contributed by atoms with E-state index in [1.807, 2.05) is 0 Å². The van der Waals surface area contributed by atoms with Crippen molar-refractivity contribution in [3.8, 4) is 17.0 Å². The summed E-state index contributed by atoms with van der Waals surface area (Å²) in [6.07, 6.45) is 1.63. The first kappa shape index (κ1) is 12.0. The summed E-state index contributed by atoms with van der Waals surface area (Å²) in [5, 5.41) is 0.621. The number of aromatic nitrogens is 1. The van der Waals surface area contributed by atoms with E-state index >= 15 is 0 Å². The van der Waals surface area contributed by atoms with Crippen molar-refractivity contribution in [2.24, 2.45) is 0 Å². The highest BCUT2D eigenvalue weighted by Crippen LogP contribution is 2.28. The number of benzene rings is 1. The van der Waals surface area contributed by atoms with Crippen molar-refractivity contribution in [3.05, 3.63) is 47.9 Å². The lowest BCUT2D eigenvalue weighted by molar-refractivity contribution is 0.397. The number of nitrogens with zero attached hydrogens (tertiary/aromatic N) is 1. The van der Waals surface area contributed by atoms with Crippen LogP contribution in [-0.2, 0) is 5.33 Å². The zero-order chi connectivity index (χ0) is 12.3. The predicted molar refractivity (Wildman–Crippen MR) is 68.8 cm³/mol. The molecule has 0 spiro atoms. The SMILES string of the molecule is COc1cc(CBr)c(-c2ccccc2F)cn1. The summed E-state index contributed by atoms with van der Waals surface area (Å²) in [4.78, 5) is 4.11. The molecule has 0 saturated heterocycles. The van der Waals surface area contributed by atoms with E-state index in [9.17, 15) is 4.39 Å². The van der Waals surface area contributed by atoms with Gasteiger partial charge in [0.1, 0.15) is 5.82 Å². The first-order chi connectivity index (χ1) is 8.26. The molecule has 0 aliphatic rings. The van der Waals surface area contributed by atoms with Crippen LogP contribution in [0.3, 0.4) is 0 Å². The van der Waals surface area contributed by atoms with Crippen LogP contribution < -0.4 is 4.74 Å². The van der Waals surface area contributed by atoms with Gasteiger partial charge in [-0.1, -0.05) is 34.1 Å². The summed E-state index contributed by atoms with van der Waals surface area (Å²) in [5.41, 5.74) is 2.28. The highest BCUT2D eigenvalue weighted by molar-refractivity contribution is 9.08. The average Bonchev–Trinajstić information content (AvgIpc) is 2.38. The maximum Gasteiger partial charge on any atom is 0.213 e. The minimum atomic E-state index is -0.248. The molecule has 1 aromatic heterocycles. The lowest BCUT2D eigenvalue weighted by atomic mass is 10.0. The first-order valence-electron chi connectivity index (χ1n) is 5.10. The van der Waals surface area contributed by atoms with Crippen molar-refractivity contribution in [1.29, 1.82) is 0 Å². The molecule has 2 rings (SSSR count). The molecular formula is C13H11BrFNO. The van der Waals surface area contributed by atoms with Gasteiger partial charge in [-0.15, -0.1) is 0 Å². The Hall–Kier alpha value is -1.42. The Balaban J connectivity index is 2.56. The van der Waals surface area contributed by atoms with E-state index in [1.165, 1.54) is 6.07 Å². The van der Waals surface area contributed by atoms with Gasteiger partial charge < -0.3 is 4.74 Å². The third-order valence-corrected chi connectivity index (χ3v) is 3.09. The molecule has 0 atom stereocenters. The molecule has 0 amide bonds. The molecule has 0 radical (unpaired) electrons. The smallest absolute Gasteiger partial charge is 0.213 e. The number of hydrogen-bond donors (Lipinski definition) is 0. The zero-order valence-corrected chi connectivity index (χ0v) is 10.9. The lowest BCUT2D eigenvalue weighted by Gasteiger charge is -2.09. The van der Waals surface area contributed by atoms with Gasteiger partial charge in [-0.3, -0.25) is 0 Å². The molecule has 0 N–H and O–H groups in total. The largest absolute Gasteiger partial charge is 0.481 e. The van der Waals surface area contributed by atoms with Crippen LogP contribution in [0.1, 0.15) is 5.56 Å². The molecule has 0 unspecified atom stereocenters. The third kappa shape index (κ3) is 2.47. The normalized spacial score (nSPS) is 10.3. The zero-order valence-electron chi connectivity index (χ0n) is 9.28. The summed E-state index contributed by atoms with van der Waals surface area (Å²) >= 11 is 3.39. The Labute approximate surface area is 108 Å². The van der Waals surface area contributed by atoms with E-state index in [-0.39, 0.29) is 5.82 Å². The Morgan fingerprint density at radius 3 is 2.71 bits per heavy atom. The maximum atomic E-state index is 13.7. The average molecular weight is 296 g/mol. The van der Waals surface area contributed by atoms with Crippen LogP contribution in [0.15, 0.2) is 36.5 Å². The molecular weight excluding hydrogens is 285 g/mol. The van der Waals surface area contributed by atoms with E-state index in [0.717, 1.165) is 11.1 Å². The van der Waals surface area contributed by atoms with Gasteiger partial charge in [0, 0.05) is 28.7 Å². The van der Waals surface area contributed by atoms with Crippen molar-refractivity contribution in [2.45, 2.75) is 5.33 Å². The van der Waals surface area contributed by atoms with E-state index in [0.29, 0.717) is 16.8 Å². The summed E-state index contributed by atoms with van der Waals surface area (Å²) in [6, 6.07) is 8.46. The maximum absolute atomic E-state index is 13.7. The Morgan fingerprint density at radius 1 is 1.29 bits per heavy atom. The lowest BCUT2D eigenvalue weighted by Crippen LogP contribution is -1.94. The molecule has 0 bridgehead atoms. The third-order valence-electron chi connectivity index (χ3n) is 2.48.